The lowest BCUT2D eigenvalue weighted by Crippen LogP contribution is -2.59. The molecule has 6 nitrogen and oxygen atoms in total. The zero-order chi connectivity index (χ0) is 18.6. The fourth-order valence-corrected chi connectivity index (χ4v) is 7.61. The van der Waals surface area contributed by atoms with Crippen molar-refractivity contribution in [2.24, 2.45) is 17.8 Å². The summed E-state index contributed by atoms with van der Waals surface area (Å²) in [5.41, 5.74) is 0.0939. The summed E-state index contributed by atoms with van der Waals surface area (Å²) in [5.74, 6) is 1.96. The van der Waals surface area contributed by atoms with Gasteiger partial charge in [-0.3, -0.25) is 4.72 Å². The van der Waals surface area contributed by atoms with Gasteiger partial charge in [0, 0.05) is 11.2 Å². The van der Waals surface area contributed by atoms with Gasteiger partial charge in [-0.05, 0) is 87.5 Å². The summed E-state index contributed by atoms with van der Waals surface area (Å²) in [6.45, 7) is 1.55. The maximum atomic E-state index is 12.9. The molecule has 1 aromatic carbocycles. The first-order valence-corrected chi connectivity index (χ1v) is 12.5. The molecule has 0 aliphatic heterocycles. The van der Waals surface area contributed by atoms with Crippen LogP contribution < -0.4 is 9.44 Å². The van der Waals surface area contributed by atoms with Gasteiger partial charge in [0.25, 0.3) is 0 Å². The van der Waals surface area contributed by atoms with Gasteiger partial charge in [-0.2, -0.15) is 0 Å². The minimum atomic E-state index is -3.62. The summed E-state index contributed by atoms with van der Waals surface area (Å²) >= 11 is 0. The lowest BCUT2D eigenvalue weighted by atomic mass is 9.53. The lowest BCUT2D eigenvalue weighted by molar-refractivity contribution is -0.00810. The van der Waals surface area contributed by atoms with E-state index in [4.69, 9.17) is 0 Å². The highest BCUT2D eigenvalue weighted by Gasteiger charge is 2.52. The van der Waals surface area contributed by atoms with Gasteiger partial charge in [0.1, 0.15) is 0 Å². The third-order valence-corrected chi connectivity index (χ3v) is 9.11. The van der Waals surface area contributed by atoms with E-state index in [0.29, 0.717) is 23.4 Å². The first-order valence-electron chi connectivity index (χ1n) is 9.33. The molecule has 0 unspecified atom stereocenters. The molecule has 4 bridgehead atoms. The standard InChI is InChI=1S/C18H26N2O4S2/c1-2-25(21,22)19-16-3-5-17(6-4-16)26(23,24)20-18-10-13-7-14(11-18)9-15(8-13)12-18/h3-6,13-15,19-20H,2,7-12H2,1H3. The molecule has 2 N–H and O–H groups in total. The summed E-state index contributed by atoms with van der Waals surface area (Å²) in [6, 6.07) is 5.94. The van der Waals surface area contributed by atoms with E-state index in [0.717, 1.165) is 19.3 Å². The van der Waals surface area contributed by atoms with Gasteiger partial charge in [0.05, 0.1) is 10.6 Å². The van der Waals surface area contributed by atoms with Crippen LogP contribution in [-0.2, 0) is 20.0 Å². The van der Waals surface area contributed by atoms with E-state index in [1.54, 1.807) is 6.92 Å². The van der Waals surface area contributed by atoms with Crippen molar-refractivity contribution >= 4 is 25.7 Å². The van der Waals surface area contributed by atoms with Crippen molar-refractivity contribution in [1.29, 1.82) is 0 Å². The Morgan fingerprint density at radius 3 is 1.88 bits per heavy atom. The number of anilines is 1. The number of hydrogen-bond acceptors (Lipinski definition) is 4. The van der Waals surface area contributed by atoms with Gasteiger partial charge in [-0.25, -0.2) is 21.6 Å². The molecule has 1 aromatic rings. The van der Waals surface area contributed by atoms with Crippen LogP contribution in [0.5, 0.6) is 0 Å². The monoisotopic (exact) mass is 398 g/mol. The molecule has 0 heterocycles. The highest BCUT2D eigenvalue weighted by Crippen LogP contribution is 2.55. The third-order valence-electron chi connectivity index (χ3n) is 6.21. The zero-order valence-electron chi connectivity index (χ0n) is 14.9. The maximum Gasteiger partial charge on any atom is 0.241 e. The summed E-state index contributed by atoms with van der Waals surface area (Å²) in [6.07, 6.45) is 6.62. The van der Waals surface area contributed by atoms with Crippen LogP contribution in [0, 0.1) is 17.8 Å². The molecule has 4 aliphatic rings. The van der Waals surface area contributed by atoms with Crippen LogP contribution in [-0.4, -0.2) is 28.1 Å². The highest BCUT2D eigenvalue weighted by atomic mass is 32.2. The molecular weight excluding hydrogens is 372 g/mol. The normalized spacial score (nSPS) is 33.3. The molecule has 8 heteroatoms. The summed E-state index contributed by atoms with van der Waals surface area (Å²) in [7, 11) is -6.99. The smallest absolute Gasteiger partial charge is 0.241 e. The van der Waals surface area contributed by atoms with Crippen molar-refractivity contribution in [2.45, 2.75) is 55.9 Å². The van der Waals surface area contributed by atoms with Crippen LogP contribution in [0.1, 0.15) is 45.4 Å². The third kappa shape index (κ3) is 3.51. The molecule has 0 radical (unpaired) electrons. The number of hydrogen-bond donors (Lipinski definition) is 2. The van der Waals surface area contributed by atoms with Gasteiger partial charge in [0.2, 0.25) is 20.0 Å². The Balaban J connectivity index is 1.52. The van der Waals surface area contributed by atoms with Gasteiger partial charge in [-0.1, -0.05) is 0 Å². The number of rotatable bonds is 6. The quantitative estimate of drug-likeness (QED) is 0.771. The topological polar surface area (TPSA) is 92.3 Å². The van der Waals surface area contributed by atoms with E-state index in [1.165, 1.54) is 43.5 Å². The van der Waals surface area contributed by atoms with E-state index in [2.05, 4.69) is 9.44 Å². The van der Waals surface area contributed by atoms with E-state index < -0.39 is 20.0 Å². The molecule has 0 saturated heterocycles. The summed E-state index contributed by atoms with van der Waals surface area (Å²) in [4.78, 5) is 0.188. The second kappa shape index (κ2) is 6.21. The first-order chi connectivity index (χ1) is 12.2. The highest BCUT2D eigenvalue weighted by molar-refractivity contribution is 7.92. The molecule has 0 amide bonds. The van der Waals surface area contributed by atoms with Crippen molar-refractivity contribution in [2.75, 3.05) is 10.5 Å². The minimum Gasteiger partial charge on any atom is -0.284 e. The molecule has 26 heavy (non-hydrogen) atoms. The molecule has 4 aliphatic carbocycles. The van der Waals surface area contributed by atoms with Crippen LogP contribution in [0.3, 0.4) is 0 Å². The van der Waals surface area contributed by atoms with Gasteiger partial charge < -0.3 is 0 Å². The summed E-state index contributed by atoms with van der Waals surface area (Å²) < 4.78 is 54.5. The van der Waals surface area contributed by atoms with Crippen LogP contribution in [0.25, 0.3) is 0 Å². The molecule has 0 spiro atoms. The predicted octanol–water partition coefficient (Wildman–Crippen LogP) is 2.70. The van der Waals surface area contributed by atoms with Crippen molar-refractivity contribution in [3.8, 4) is 0 Å². The Morgan fingerprint density at radius 2 is 1.42 bits per heavy atom. The van der Waals surface area contributed by atoms with Crippen molar-refractivity contribution in [3.63, 3.8) is 0 Å². The van der Waals surface area contributed by atoms with Crippen LogP contribution >= 0.6 is 0 Å². The van der Waals surface area contributed by atoms with Crippen molar-refractivity contribution < 1.29 is 16.8 Å². The molecule has 4 saturated carbocycles. The van der Waals surface area contributed by atoms with E-state index in [1.807, 2.05) is 0 Å². The van der Waals surface area contributed by atoms with Crippen molar-refractivity contribution in [3.05, 3.63) is 24.3 Å². The molecule has 144 valence electrons. The van der Waals surface area contributed by atoms with E-state index in [9.17, 15) is 16.8 Å². The molecule has 4 fully saturated rings. The molecule has 0 aromatic heterocycles. The minimum absolute atomic E-state index is 0.0272. The average molecular weight is 399 g/mol. The Kier molecular flexibility index (Phi) is 4.36. The molecule has 5 rings (SSSR count). The van der Waals surface area contributed by atoms with Gasteiger partial charge >= 0.3 is 0 Å². The maximum absolute atomic E-state index is 12.9. The Hall–Kier alpha value is -1.12. The Labute approximate surface area is 155 Å². The van der Waals surface area contributed by atoms with Crippen LogP contribution in [0.2, 0.25) is 0 Å². The van der Waals surface area contributed by atoms with Gasteiger partial charge in [-0.15, -0.1) is 0 Å². The molecular formula is C18H26N2O4S2. The first kappa shape index (κ1) is 18.3. The second-order valence-electron chi connectivity index (χ2n) is 8.33. The fraction of sp³-hybridized carbons (Fsp3) is 0.667. The van der Waals surface area contributed by atoms with E-state index >= 15 is 0 Å². The molecule has 0 atom stereocenters. The largest absolute Gasteiger partial charge is 0.284 e. The summed E-state index contributed by atoms with van der Waals surface area (Å²) in [5, 5.41) is 0. The predicted molar refractivity (Wildman–Crippen MR) is 101 cm³/mol. The lowest BCUT2D eigenvalue weighted by Gasteiger charge is -2.56. The van der Waals surface area contributed by atoms with Gasteiger partial charge in [0.15, 0.2) is 0 Å². The fourth-order valence-electron chi connectivity index (χ4n) is 5.53. The number of sulfonamides is 2. The Morgan fingerprint density at radius 1 is 0.923 bits per heavy atom. The number of benzene rings is 1. The van der Waals surface area contributed by atoms with Crippen LogP contribution in [0.15, 0.2) is 29.2 Å². The van der Waals surface area contributed by atoms with Crippen LogP contribution in [0.4, 0.5) is 5.69 Å². The zero-order valence-corrected chi connectivity index (χ0v) is 16.6. The number of nitrogens with one attached hydrogen (secondary N) is 2. The average Bonchev–Trinajstić information content (AvgIpc) is 2.52. The SMILES string of the molecule is CCS(=O)(=O)Nc1ccc(S(=O)(=O)NC23CC4CC(CC(C4)C2)C3)cc1. The van der Waals surface area contributed by atoms with Crippen molar-refractivity contribution in [1.82, 2.24) is 4.72 Å². The van der Waals surface area contributed by atoms with E-state index in [-0.39, 0.29) is 16.2 Å². The Bertz CT molecular complexity index is 856. The second-order valence-corrected chi connectivity index (χ2v) is 12.0.